The smallest absolute Gasteiger partial charge is 0.146 e. The van der Waals surface area contributed by atoms with E-state index < -0.39 is 0 Å². The Bertz CT molecular complexity index is 221. The molecule has 0 atom stereocenters. The Kier molecular flexibility index (Phi) is 10.1. The van der Waals surface area contributed by atoms with E-state index in [1.54, 1.807) is 12.1 Å². The van der Waals surface area contributed by atoms with Crippen molar-refractivity contribution in [1.82, 2.24) is 0 Å². The maximum atomic E-state index is 12.5. The normalized spacial score (nSPS) is 7.54. The number of aryl methyl sites for hydroxylation is 1. The summed E-state index contributed by atoms with van der Waals surface area (Å²) in [7, 11) is 0. The predicted molar refractivity (Wildman–Crippen MR) is 58.2 cm³/mol. The molecule has 0 spiro atoms. The van der Waals surface area contributed by atoms with E-state index in [4.69, 9.17) is 5.73 Å². The van der Waals surface area contributed by atoms with Crippen molar-refractivity contribution < 1.29 is 4.39 Å². The highest BCUT2D eigenvalue weighted by atomic mass is 19.1. The first kappa shape index (κ1) is 14.5. The van der Waals surface area contributed by atoms with Gasteiger partial charge in [-0.25, -0.2) is 4.39 Å². The van der Waals surface area contributed by atoms with E-state index in [1.807, 2.05) is 34.6 Å². The van der Waals surface area contributed by atoms with Crippen LogP contribution >= 0.6 is 0 Å². The molecule has 0 radical (unpaired) electrons. The van der Waals surface area contributed by atoms with Crippen molar-refractivity contribution in [2.24, 2.45) is 0 Å². The molecular weight excluding hydrogens is 165 g/mol. The van der Waals surface area contributed by atoms with Crippen LogP contribution in [-0.2, 0) is 0 Å². The second-order valence-corrected chi connectivity index (χ2v) is 2.02. The molecule has 0 amide bonds. The van der Waals surface area contributed by atoms with Crippen LogP contribution in [-0.4, -0.2) is 0 Å². The molecule has 0 heterocycles. The summed E-state index contributed by atoms with van der Waals surface area (Å²) in [6, 6.07) is 4.75. The molecule has 1 rings (SSSR count). The second kappa shape index (κ2) is 9.04. The van der Waals surface area contributed by atoms with Gasteiger partial charge in [0.25, 0.3) is 0 Å². The van der Waals surface area contributed by atoms with Gasteiger partial charge in [-0.15, -0.1) is 0 Å². The zero-order chi connectivity index (χ0) is 10.9. The van der Waals surface area contributed by atoms with E-state index in [-0.39, 0.29) is 11.5 Å². The molecule has 0 fully saturated rings. The Morgan fingerprint density at radius 1 is 1.08 bits per heavy atom. The van der Waals surface area contributed by atoms with E-state index in [1.165, 1.54) is 6.07 Å². The molecule has 0 aromatic heterocycles. The second-order valence-electron chi connectivity index (χ2n) is 2.02. The molecule has 1 aromatic rings. The fourth-order valence-electron chi connectivity index (χ4n) is 0.632. The largest absolute Gasteiger partial charge is 0.396 e. The average molecular weight is 185 g/mol. The molecule has 0 aliphatic heterocycles. The van der Waals surface area contributed by atoms with Crippen molar-refractivity contribution in [3.63, 3.8) is 0 Å². The zero-order valence-electron chi connectivity index (χ0n) is 9.19. The maximum absolute atomic E-state index is 12.5. The van der Waals surface area contributed by atoms with Gasteiger partial charge < -0.3 is 5.73 Å². The van der Waals surface area contributed by atoms with Gasteiger partial charge in [0.1, 0.15) is 5.82 Å². The van der Waals surface area contributed by atoms with Crippen LogP contribution in [0.4, 0.5) is 10.1 Å². The number of benzene rings is 1. The zero-order valence-corrected chi connectivity index (χ0v) is 9.19. The minimum absolute atomic E-state index is 0.209. The fourth-order valence-corrected chi connectivity index (χ4v) is 0.632. The third-order valence-electron chi connectivity index (χ3n) is 1.16. The Morgan fingerprint density at radius 2 is 1.54 bits per heavy atom. The number of hydrogen-bond acceptors (Lipinski definition) is 1. The lowest BCUT2D eigenvalue weighted by Gasteiger charge is -1.94. The van der Waals surface area contributed by atoms with Crippen molar-refractivity contribution in [2.75, 3.05) is 5.73 Å². The van der Waals surface area contributed by atoms with Crippen molar-refractivity contribution in [3.8, 4) is 0 Å². The van der Waals surface area contributed by atoms with Crippen molar-refractivity contribution in [1.29, 1.82) is 0 Å². The highest BCUT2D eigenvalue weighted by Crippen LogP contribution is 2.10. The molecule has 0 aliphatic carbocycles. The van der Waals surface area contributed by atoms with Crippen LogP contribution < -0.4 is 5.73 Å². The molecule has 1 nitrogen and oxygen atoms in total. The Labute approximate surface area is 80.8 Å². The molecular formula is C11H20FN. The van der Waals surface area contributed by atoms with E-state index in [2.05, 4.69) is 0 Å². The number of halogens is 1. The van der Waals surface area contributed by atoms with Crippen LogP contribution in [0, 0.1) is 12.7 Å². The fraction of sp³-hybridized carbons (Fsp3) is 0.455. The molecule has 0 bridgehead atoms. The van der Waals surface area contributed by atoms with Crippen LogP contribution in [0.15, 0.2) is 18.2 Å². The lowest BCUT2D eigenvalue weighted by atomic mass is 10.2. The summed E-state index contributed by atoms with van der Waals surface area (Å²) in [6.45, 7) is 9.82. The predicted octanol–water partition coefficient (Wildman–Crippen LogP) is 3.77. The maximum Gasteiger partial charge on any atom is 0.146 e. The summed E-state index contributed by atoms with van der Waals surface area (Å²) in [6.07, 6.45) is 0. The van der Waals surface area contributed by atoms with Crippen LogP contribution in [0.5, 0.6) is 0 Å². The molecule has 0 saturated carbocycles. The SMILES string of the molecule is CC.CC.Cc1ccc(N)c(F)c1. The first-order chi connectivity index (χ1) is 6.20. The summed E-state index contributed by atoms with van der Waals surface area (Å²) in [4.78, 5) is 0. The van der Waals surface area contributed by atoms with Crippen LogP contribution in [0.3, 0.4) is 0 Å². The lowest BCUT2D eigenvalue weighted by molar-refractivity contribution is 0.631. The summed E-state index contributed by atoms with van der Waals surface area (Å²) in [5.74, 6) is -0.338. The first-order valence-electron chi connectivity index (χ1n) is 4.72. The van der Waals surface area contributed by atoms with Crippen molar-refractivity contribution >= 4 is 5.69 Å². The number of anilines is 1. The Morgan fingerprint density at radius 3 is 1.85 bits per heavy atom. The van der Waals surface area contributed by atoms with Gasteiger partial charge in [0, 0.05) is 0 Å². The quantitative estimate of drug-likeness (QED) is 0.612. The highest BCUT2D eigenvalue weighted by molar-refractivity contribution is 5.40. The monoisotopic (exact) mass is 185 g/mol. The number of nitrogens with two attached hydrogens (primary N) is 1. The van der Waals surface area contributed by atoms with E-state index in [0.717, 1.165) is 5.56 Å². The molecule has 2 N–H and O–H groups in total. The van der Waals surface area contributed by atoms with Crippen LogP contribution in [0.25, 0.3) is 0 Å². The Balaban J connectivity index is 0. The highest BCUT2D eigenvalue weighted by Gasteiger charge is 1.94. The van der Waals surface area contributed by atoms with Gasteiger partial charge >= 0.3 is 0 Å². The van der Waals surface area contributed by atoms with Gasteiger partial charge in [0.2, 0.25) is 0 Å². The first-order valence-corrected chi connectivity index (χ1v) is 4.72. The average Bonchev–Trinajstić information content (AvgIpc) is 2.18. The molecule has 0 aliphatic rings. The Hall–Kier alpha value is -1.05. The number of rotatable bonds is 0. The van der Waals surface area contributed by atoms with Gasteiger partial charge in [-0.3, -0.25) is 0 Å². The molecule has 2 heteroatoms. The van der Waals surface area contributed by atoms with Crippen LogP contribution in [0.1, 0.15) is 33.3 Å². The molecule has 13 heavy (non-hydrogen) atoms. The van der Waals surface area contributed by atoms with Crippen LogP contribution in [0.2, 0.25) is 0 Å². The van der Waals surface area contributed by atoms with Crippen molar-refractivity contribution in [3.05, 3.63) is 29.6 Å². The standard InChI is InChI=1S/C7H8FN.2C2H6/c1-5-2-3-7(9)6(8)4-5;2*1-2/h2-4H,9H2,1H3;2*1-2H3. The number of hydrogen-bond donors (Lipinski definition) is 1. The van der Waals surface area contributed by atoms with Crippen molar-refractivity contribution in [2.45, 2.75) is 34.6 Å². The third-order valence-corrected chi connectivity index (χ3v) is 1.16. The molecule has 0 saturated heterocycles. The molecule has 0 unspecified atom stereocenters. The lowest BCUT2D eigenvalue weighted by Crippen LogP contribution is -1.89. The van der Waals surface area contributed by atoms with Gasteiger partial charge in [-0.1, -0.05) is 33.8 Å². The van der Waals surface area contributed by atoms with E-state index in [0.29, 0.717) is 0 Å². The van der Waals surface area contributed by atoms with E-state index in [9.17, 15) is 4.39 Å². The van der Waals surface area contributed by atoms with Gasteiger partial charge in [-0.05, 0) is 24.6 Å². The topological polar surface area (TPSA) is 26.0 Å². The summed E-state index contributed by atoms with van der Waals surface area (Å²) < 4.78 is 12.5. The van der Waals surface area contributed by atoms with Gasteiger partial charge in [0.15, 0.2) is 0 Å². The van der Waals surface area contributed by atoms with Gasteiger partial charge in [0.05, 0.1) is 5.69 Å². The summed E-state index contributed by atoms with van der Waals surface area (Å²) >= 11 is 0. The molecule has 1 aromatic carbocycles. The molecule has 76 valence electrons. The van der Waals surface area contributed by atoms with Gasteiger partial charge in [-0.2, -0.15) is 0 Å². The third kappa shape index (κ3) is 6.14. The number of nitrogen functional groups attached to an aromatic ring is 1. The summed E-state index contributed by atoms with van der Waals surface area (Å²) in [5, 5.41) is 0. The van der Waals surface area contributed by atoms with E-state index >= 15 is 0 Å². The minimum Gasteiger partial charge on any atom is -0.396 e. The minimum atomic E-state index is -0.338. The summed E-state index contributed by atoms with van der Waals surface area (Å²) in [5.41, 5.74) is 6.31.